The van der Waals surface area contributed by atoms with Gasteiger partial charge >= 0.3 is 5.97 Å². The maximum atomic E-state index is 10.7. The van der Waals surface area contributed by atoms with E-state index in [0.717, 1.165) is 11.3 Å². The van der Waals surface area contributed by atoms with Gasteiger partial charge in [0.15, 0.2) is 11.5 Å². The van der Waals surface area contributed by atoms with Gasteiger partial charge in [0.05, 0.1) is 0 Å². The number of hydrogen-bond donors (Lipinski definition) is 1. The van der Waals surface area contributed by atoms with Crippen molar-refractivity contribution < 1.29 is 19.2 Å². The Kier molecular flexibility index (Phi) is 3.29. The van der Waals surface area contributed by atoms with Gasteiger partial charge < -0.3 is 14.4 Å². The van der Waals surface area contributed by atoms with Crippen LogP contribution in [0.1, 0.15) is 31.3 Å². The number of nitrogens with zero attached hydrogens (tertiary/aromatic N) is 1. The number of ether oxygens (including phenoxy) is 1. The van der Waals surface area contributed by atoms with E-state index in [1.54, 1.807) is 12.1 Å². The Labute approximate surface area is 110 Å². The van der Waals surface area contributed by atoms with E-state index in [0.29, 0.717) is 5.76 Å². The van der Waals surface area contributed by atoms with Gasteiger partial charge in [-0.15, -0.1) is 0 Å². The van der Waals surface area contributed by atoms with Crippen molar-refractivity contribution in [3.63, 3.8) is 0 Å². The van der Waals surface area contributed by atoms with Gasteiger partial charge in [0.1, 0.15) is 11.4 Å². The minimum absolute atomic E-state index is 0.106. The zero-order valence-electron chi connectivity index (χ0n) is 11.0. The molecular formula is C14H15NO4. The molecule has 2 rings (SSSR count). The van der Waals surface area contributed by atoms with Gasteiger partial charge in [0, 0.05) is 11.6 Å². The van der Waals surface area contributed by atoms with Crippen LogP contribution in [0.25, 0.3) is 11.3 Å². The van der Waals surface area contributed by atoms with Crippen LogP contribution in [0.2, 0.25) is 0 Å². The van der Waals surface area contributed by atoms with Crippen molar-refractivity contribution in [2.45, 2.75) is 26.4 Å². The maximum Gasteiger partial charge on any atom is 0.358 e. The molecule has 1 aromatic heterocycles. The van der Waals surface area contributed by atoms with E-state index in [-0.39, 0.29) is 11.3 Å². The van der Waals surface area contributed by atoms with Gasteiger partial charge in [0.2, 0.25) is 0 Å². The van der Waals surface area contributed by atoms with Gasteiger partial charge in [-0.3, -0.25) is 0 Å². The highest BCUT2D eigenvalue weighted by Gasteiger charge is 2.14. The number of benzene rings is 1. The number of carboxylic acid groups (broad SMARTS) is 1. The van der Waals surface area contributed by atoms with Gasteiger partial charge in [-0.05, 0) is 45.0 Å². The first-order valence-electron chi connectivity index (χ1n) is 5.85. The van der Waals surface area contributed by atoms with Crippen molar-refractivity contribution >= 4 is 5.97 Å². The van der Waals surface area contributed by atoms with Crippen molar-refractivity contribution in [2.75, 3.05) is 0 Å². The lowest BCUT2D eigenvalue weighted by Crippen LogP contribution is -2.22. The van der Waals surface area contributed by atoms with Gasteiger partial charge in [0.25, 0.3) is 0 Å². The highest BCUT2D eigenvalue weighted by molar-refractivity contribution is 5.86. The minimum Gasteiger partial charge on any atom is -0.488 e. The smallest absolute Gasteiger partial charge is 0.358 e. The third kappa shape index (κ3) is 3.34. The molecular weight excluding hydrogens is 246 g/mol. The molecule has 1 N–H and O–H groups in total. The van der Waals surface area contributed by atoms with Crippen LogP contribution in [0.4, 0.5) is 0 Å². The average molecular weight is 261 g/mol. The standard InChI is InChI=1S/C14H15NO4/c1-14(2,3)18-10-6-4-9(5-7-10)12-8-11(13(16)17)15-19-12/h4-8H,1-3H3,(H,16,17). The summed E-state index contributed by atoms with van der Waals surface area (Å²) in [5.74, 6) is 0.0524. The highest BCUT2D eigenvalue weighted by Crippen LogP contribution is 2.25. The molecule has 1 heterocycles. The quantitative estimate of drug-likeness (QED) is 0.918. The molecule has 0 aliphatic heterocycles. The summed E-state index contributed by atoms with van der Waals surface area (Å²) in [6, 6.07) is 8.61. The Morgan fingerprint density at radius 1 is 1.26 bits per heavy atom. The van der Waals surface area contributed by atoms with Crippen LogP contribution in [-0.4, -0.2) is 21.8 Å². The topological polar surface area (TPSA) is 72.6 Å². The molecule has 5 heteroatoms. The summed E-state index contributed by atoms with van der Waals surface area (Å²) in [6.45, 7) is 5.91. The van der Waals surface area contributed by atoms with Crippen LogP contribution in [-0.2, 0) is 0 Å². The van der Waals surface area contributed by atoms with Crippen LogP contribution < -0.4 is 4.74 Å². The Bertz CT molecular complexity index is 578. The summed E-state index contributed by atoms with van der Waals surface area (Å²) >= 11 is 0. The van der Waals surface area contributed by atoms with Crippen LogP contribution in [0.5, 0.6) is 5.75 Å². The van der Waals surface area contributed by atoms with E-state index in [1.165, 1.54) is 6.07 Å². The number of aromatic nitrogens is 1. The lowest BCUT2D eigenvalue weighted by Gasteiger charge is -2.21. The lowest BCUT2D eigenvalue weighted by molar-refractivity contribution is 0.0685. The summed E-state index contributed by atoms with van der Waals surface area (Å²) in [4.78, 5) is 10.7. The van der Waals surface area contributed by atoms with E-state index in [4.69, 9.17) is 14.4 Å². The third-order valence-corrected chi connectivity index (χ3v) is 2.29. The summed E-state index contributed by atoms with van der Waals surface area (Å²) in [5, 5.41) is 12.2. The van der Waals surface area contributed by atoms with Crippen LogP contribution in [0, 0.1) is 0 Å². The van der Waals surface area contributed by atoms with Crippen LogP contribution in [0.15, 0.2) is 34.9 Å². The van der Waals surface area contributed by atoms with Crippen LogP contribution in [0.3, 0.4) is 0 Å². The second-order valence-corrected chi connectivity index (χ2v) is 5.12. The summed E-state index contributed by atoms with van der Waals surface area (Å²) in [7, 11) is 0. The van der Waals surface area contributed by atoms with Crippen molar-refractivity contribution in [3.8, 4) is 17.1 Å². The SMILES string of the molecule is CC(C)(C)Oc1ccc(-c2cc(C(=O)O)no2)cc1. The first-order valence-corrected chi connectivity index (χ1v) is 5.85. The number of carbonyl (C=O) groups is 1. The lowest BCUT2D eigenvalue weighted by atomic mass is 10.1. The molecule has 5 nitrogen and oxygen atoms in total. The number of rotatable bonds is 3. The zero-order valence-corrected chi connectivity index (χ0v) is 11.0. The first-order chi connectivity index (χ1) is 8.85. The fourth-order valence-corrected chi connectivity index (χ4v) is 1.55. The van der Waals surface area contributed by atoms with Crippen molar-refractivity contribution in [2.24, 2.45) is 0 Å². The van der Waals surface area contributed by atoms with Gasteiger partial charge in [-0.25, -0.2) is 4.79 Å². The maximum absolute atomic E-state index is 10.7. The Balaban J connectivity index is 2.20. The molecule has 0 unspecified atom stereocenters. The van der Waals surface area contributed by atoms with Crippen molar-refractivity contribution in [1.82, 2.24) is 5.16 Å². The fraction of sp³-hybridized carbons (Fsp3) is 0.286. The number of carboxylic acids is 1. The average Bonchev–Trinajstić information content (AvgIpc) is 2.77. The normalized spacial score (nSPS) is 11.3. The first kappa shape index (κ1) is 13.1. The molecule has 100 valence electrons. The highest BCUT2D eigenvalue weighted by atomic mass is 16.5. The van der Waals surface area contributed by atoms with Crippen molar-refractivity contribution in [1.29, 1.82) is 0 Å². The molecule has 1 aromatic carbocycles. The molecule has 0 aliphatic rings. The second kappa shape index (κ2) is 4.76. The summed E-state index contributed by atoms with van der Waals surface area (Å²) in [5.41, 5.74) is 0.385. The predicted molar refractivity (Wildman–Crippen MR) is 69.3 cm³/mol. The predicted octanol–water partition coefficient (Wildman–Crippen LogP) is 3.22. The summed E-state index contributed by atoms with van der Waals surface area (Å²) in [6.07, 6.45) is 0. The molecule has 0 spiro atoms. The molecule has 0 radical (unpaired) electrons. The van der Waals surface area contributed by atoms with E-state index in [1.807, 2.05) is 32.9 Å². The Hall–Kier alpha value is -2.30. The van der Waals surface area contributed by atoms with Gasteiger partial charge in [-0.1, -0.05) is 5.16 Å². The molecule has 0 fully saturated rings. The zero-order chi connectivity index (χ0) is 14.0. The van der Waals surface area contributed by atoms with Gasteiger partial charge in [-0.2, -0.15) is 0 Å². The summed E-state index contributed by atoms with van der Waals surface area (Å²) < 4.78 is 10.7. The van der Waals surface area contributed by atoms with Crippen molar-refractivity contribution in [3.05, 3.63) is 36.0 Å². The molecule has 0 amide bonds. The molecule has 0 atom stereocenters. The minimum atomic E-state index is -1.11. The molecule has 0 bridgehead atoms. The van der Waals surface area contributed by atoms with E-state index >= 15 is 0 Å². The molecule has 0 saturated carbocycles. The van der Waals surface area contributed by atoms with E-state index < -0.39 is 5.97 Å². The largest absolute Gasteiger partial charge is 0.488 e. The number of aromatic carboxylic acids is 1. The van der Waals surface area contributed by atoms with E-state index in [2.05, 4.69) is 5.16 Å². The Morgan fingerprint density at radius 3 is 2.37 bits per heavy atom. The Morgan fingerprint density at radius 2 is 1.89 bits per heavy atom. The molecule has 2 aromatic rings. The molecule has 0 saturated heterocycles. The van der Waals surface area contributed by atoms with Crippen LogP contribution >= 0.6 is 0 Å². The third-order valence-electron chi connectivity index (χ3n) is 2.29. The fourth-order valence-electron chi connectivity index (χ4n) is 1.55. The monoisotopic (exact) mass is 261 g/mol. The number of hydrogen-bond acceptors (Lipinski definition) is 4. The molecule has 0 aliphatic carbocycles. The van der Waals surface area contributed by atoms with E-state index in [9.17, 15) is 4.79 Å². The second-order valence-electron chi connectivity index (χ2n) is 5.12. The molecule has 19 heavy (non-hydrogen) atoms.